The van der Waals surface area contributed by atoms with E-state index in [2.05, 4.69) is 46.4 Å². The monoisotopic (exact) mass is 367 g/mol. The molecule has 27 heavy (non-hydrogen) atoms. The molecule has 1 amide bonds. The van der Waals surface area contributed by atoms with Crippen molar-refractivity contribution in [1.29, 1.82) is 0 Å². The highest BCUT2D eigenvalue weighted by molar-refractivity contribution is 5.94. The molecular weight excluding hydrogens is 338 g/mol. The molecule has 2 aromatic rings. The van der Waals surface area contributed by atoms with Crippen LogP contribution in [0, 0.1) is 0 Å². The molecule has 1 aliphatic heterocycles. The van der Waals surface area contributed by atoms with Gasteiger partial charge in [0.15, 0.2) is 0 Å². The SMILES string of the molecule is CC(C)Oc1ccc(C(=O)NCc2ccc(N3CCN(C)CC3)cc2)cc1. The van der Waals surface area contributed by atoms with E-state index in [1.165, 1.54) is 5.69 Å². The lowest BCUT2D eigenvalue weighted by molar-refractivity contribution is 0.0951. The van der Waals surface area contributed by atoms with Gasteiger partial charge >= 0.3 is 0 Å². The third kappa shape index (κ3) is 5.47. The maximum Gasteiger partial charge on any atom is 0.251 e. The van der Waals surface area contributed by atoms with Crippen molar-refractivity contribution in [2.45, 2.75) is 26.5 Å². The van der Waals surface area contributed by atoms with Crippen LogP contribution in [0.1, 0.15) is 29.8 Å². The van der Waals surface area contributed by atoms with E-state index in [9.17, 15) is 4.79 Å². The Balaban J connectivity index is 1.51. The summed E-state index contributed by atoms with van der Waals surface area (Å²) in [5, 5.41) is 2.98. The maximum atomic E-state index is 12.3. The van der Waals surface area contributed by atoms with Gasteiger partial charge < -0.3 is 19.9 Å². The summed E-state index contributed by atoms with van der Waals surface area (Å²) in [5.41, 5.74) is 2.99. The first-order valence-electron chi connectivity index (χ1n) is 9.58. The van der Waals surface area contributed by atoms with Gasteiger partial charge in [-0.05, 0) is 62.9 Å². The van der Waals surface area contributed by atoms with Gasteiger partial charge in [0.1, 0.15) is 5.75 Å². The van der Waals surface area contributed by atoms with Crippen LogP contribution in [0.25, 0.3) is 0 Å². The number of anilines is 1. The van der Waals surface area contributed by atoms with E-state index in [1.807, 2.05) is 26.0 Å². The van der Waals surface area contributed by atoms with E-state index in [1.54, 1.807) is 12.1 Å². The third-order valence-corrected chi connectivity index (χ3v) is 4.75. The highest BCUT2D eigenvalue weighted by Crippen LogP contribution is 2.17. The lowest BCUT2D eigenvalue weighted by Gasteiger charge is -2.34. The molecule has 144 valence electrons. The standard InChI is InChI=1S/C22H29N3O2/c1-17(2)27-21-10-6-19(7-11-21)22(26)23-16-18-4-8-20(9-5-18)25-14-12-24(3)13-15-25/h4-11,17H,12-16H2,1-3H3,(H,23,26). The van der Waals surface area contributed by atoms with Gasteiger partial charge in [0.05, 0.1) is 6.10 Å². The first-order chi connectivity index (χ1) is 13.0. The van der Waals surface area contributed by atoms with Crippen LogP contribution in [0.3, 0.4) is 0 Å². The van der Waals surface area contributed by atoms with E-state index in [0.29, 0.717) is 12.1 Å². The van der Waals surface area contributed by atoms with E-state index in [4.69, 9.17) is 4.74 Å². The minimum atomic E-state index is -0.0748. The number of likely N-dealkylation sites (N-methyl/N-ethyl adjacent to an activating group) is 1. The van der Waals surface area contributed by atoms with Crippen LogP contribution in [0.4, 0.5) is 5.69 Å². The molecule has 1 N–H and O–H groups in total. The van der Waals surface area contributed by atoms with Gasteiger partial charge in [-0.1, -0.05) is 12.1 Å². The Labute approximate surface area is 161 Å². The number of carbonyl (C=O) groups excluding carboxylic acids is 1. The van der Waals surface area contributed by atoms with Gasteiger partial charge in [0.25, 0.3) is 5.91 Å². The predicted octanol–water partition coefficient (Wildman–Crippen LogP) is 3.16. The number of nitrogens with zero attached hydrogens (tertiary/aromatic N) is 2. The molecule has 2 aromatic carbocycles. The van der Waals surface area contributed by atoms with Crippen molar-refractivity contribution in [1.82, 2.24) is 10.2 Å². The van der Waals surface area contributed by atoms with Crippen LogP contribution in [0.15, 0.2) is 48.5 Å². The number of piperazine rings is 1. The summed E-state index contributed by atoms with van der Waals surface area (Å²) in [5.74, 6) is 0.704. The topological polar surface area (TPSA) is 44.8 Å². The molecule has 0 radical (unpaired) electrons. The summed E-state index contributed by atoms with van der Waals surface area (Å²) in [7, 11) is 2.16. The Bertz CT molecular complexity index is 733. The van der Waals surface area contributed by atoms with E-state index in [0.717, 1.165) is 37.5 Å². The average Bonchev–Trinajstić information content (AvgIpc) is 2.67. The second kappa shape index (κ2) is 8.91. The van der Waals surface area contributed by atoms with Crippen molar-refractivity contribution in [2.24, 2.45) is 0 Å². The summed E-state index contributed by atoms with van der Waals surface area (Å²) < 4.78 is 5.61. The molecular formula is C22H29N3O2. The molecule has 5 heteroatoms. The molecule has 0 unspecified atom stereocenters. The van der Waals surface area contributed by atoms with Crippen molar-refractivity contribution < 1.29 is 9.53 Å². The van der Waals surface area contributed by atoms with Crippen LogP contribution in [-0.4, -0.2) is 50.1 Å². The number of hydrogen-bond acceptors (Lipinski definition) is 4. The van der Waals surface area contributed by atoms with Crippen LogP contribution < -0.4 is 15.0 Å². The van der Waals surface area contributed by atoms with Crippen molar-refractivity contribution in [3.05, 3.63) is 59.7 Å². The first kappa shape index (κ1) is 19.2. The number of benzene rings is 2. The van der Waals surface area contributed by atoms with Crippen molar-refractivity contribution >= 4 is 11.6 Å². The largest absolute Gasteiger partial charge is 0.491 e. The molecule has 0 atom stereocenters. The number of ether oxygens (including phenoxy) is 1. The van der Waals surface area contributed by atoms with E-state index in [-0.39, 0.29) is 12.0 Å². The minimum absolute atomic E-state index is 0.0748. The van der Waals surface area contributed by atoms with Gasteiger partial charge in [-0.15, -0.1) is 0 Å². The van der Waals surface area contributed by atoms with Crippen LogP contribution in [0.5, 0.6) is 5.75 Å². The van der Waals surface area contributed by atoms with Crippen LogP contribution in [0.2, 0.25) is 0 Å². The smallest absolute Gasteiger partial charge is 0.251 e. The molecule has 0 spiro atoms. The molecule has 1 fully saturated rings. The fourth-order valence-electron chi connectivity index (χ4n) is 3.13. The average molecular weight is 367 g/mol. The van der Waals surface area contributed by atoms with Crippen LogP contribution in [-0.2, 0) is 6.54 Å². The number of nitrogens with one attached hydrogen (secondary N) is 1. The quantitative estimate of drug-likeness (QED) is 0.852. The zero-order valence-electron chi connectivity index (χ0n) is 16.4. The molecule has 1 saturated heterocycles. The molecule has 0 aliphatic carbocycles. The summed E-state index contributed by atoms with van der Waals surface area (Å²) in [6.07, 6.45) is 0.124. The van der Waals surface area contributed by atoms with Crippen molar-refractivity contribution in [2.75, 3.05) is 38.1 Å². The maximum absolute atomic E-state index is 12.3. The van der Waals surface area contributed by atoms with Gasteiger partial charge in [0, 0.05) is 44.0 Å². The summed E-state index contributed by atoms with van der Waals surface area (Å²) >= 11 is 0. The Morgan fingerprint density at radius 1 is 1.00 bits per heavy atom. The minimum Gasteiger partial charge on any atom is -0.491 e. The van der Waals surface area contributed by atoms with E-state index >= 15 is 0 Å². The van der Waals surface area contributed by atoms with Crippen molar-refractivity contribution in [3.63, 3.8) is 0 Å². The van der Waals surface area contributed by atoms with Crippen LogP contribution >= 0.6 is 0 Å². The second-order valence-electron chi connectivity index (χ2n) is 7.33. The fourth-order valence-corrected chi connectivity index (χ4v) is 3.13. The number of hydrogen-bond donors (Lipinski definition) is 1. The highest BCUT2D eigenvalue weighted by atomic mass is 16.5. The zero-order valence-corrected chi connectivity index (χ0v) is 16.4. The molecule has 1 heterocycles. The number of rotatable bonds is 6. The summed E-state index contributed by atoms with van der Waals surface area (Å²) in [6.45, 7) is 8.79. The summed E-state index contributed by atoms with van der Waals surface area (Å²) in [4.78, 5) is 17.1. The van der Waals surface area contributed by atoms with Crippen molar-refractivity contribution in [3.8, 4) is 5.75 Å². The second-order valence-corrected chi connectivity index (χ2v) is 7.33. The Kier molecular flexibility index (Phi) is 6.35. The van der Waals surface area contributed by atoms with Gasteiger partial charge in [-0.3, -0.25) is 4.79 Å². The Morgan fingerprint density at radius 3 is 2.22 bits per heavy atom. The predicted molar refractivity (Wildman–Crippen MR) is 110 cm³/mol. The third-order valence-electron chi connectivity index (χ3n) is 4.75. The number of carbonyl (C=O) groups is 1. The highest BCUT2D eigenvalue weighted by Gasteiger charge is 2.14. The molecule has 3 rings (SSSR count). The lowest BCUT2D eigenvalue weighted by atomic mass is 10.1. The molecule has 0 aromatic heterocycles. The molecule has 5 nitrogen and oxygen atoms in total. The number of amides is 1. The molecule has 0 saturated carbocycles. The van der Waals surface area contributed by atoms with E-state index < -0.39 is 0 Å². The molecule has 1 aliphatic rings. The lowest BCUT2D eigenvalue weighted by Crippen LogP contribution is -2.44. The first-order valence-corrected chi connectivity index (χ1v) is 9.58. The zero-order chi connectivity index (χ0) is 19.2. The Morgan fingerprint density at radius 2 is 1.63 bits per heavy atom. The van der Waals surface area contributed by atoms with Gasteiger partial charge in [0.2, 0.25) is 0 Å². The normalized spacial score (nSPS) is 15.0. The van der Waals surface area contributed by atoms with Gasteiger partial charge in [-0.25, -0.2) is 0 Å². The van der Waals surface area contributed by atoms with Gasteiger partial charge in [-0.2, -0.15) is 0 Å². The summed E-state index contributed by atoms with van der Waals surface area (Å²) in [6, 6.07) is 15.7. The Hall–Kier alpha value is -2.53. The molecule has 0 bridgehead atoms. The fraction of sp³-hybridized carbons (Fsp3) is 0.409.